The van der Waals surface area contributed by atoms with Crippen LogP contribution >= 0.6 is 22.7 Å². The number of hydrogen-bond donors (Lipinski definition) is 0. The molecule has 1 aromatic carbocycles. The molecule has 4 heteroatoms. The van der Waals surface area contributed by atoms with E-state index in [1.807, 2.05) is 22.7 Å². The van der Waals surface area contributed by atoms with Gasteiger partial charge in [-0.25, -0.2) is 0 Å². The highest BCUT2D eigenvalue weighted by Gasteiger charge is 2.42. The molecule has 2 aliphatic rings. The lowest BCUT2D eigenvalue weighted by Crippen LogP contribution is -2.25. The Balaban J connectivity index is 1.62. The van der Waals surface area contributed by atoms with Gasteiger partial charge in [-0.05, 0) is 66.8 Å². The number of anilines is 1. The van der Waals surface area contributed by atoms with Gasteiger partial charge in [0.25, 0.3) is 0 Å². The van der Waals surface area contributed by atoms with Gasteiger partial charge in [0, 0.05) is 21.4 Å². The van der Waals surface area contributed by atoms with Crippen LogP contribution < -0.4 is 5.01 Å². The van der Waals surface area contributed by atoms with Crippen molar-refractivity contribution in [2.45, 2.75) is 31.7 Å². The molecule has 0 bridgehead atoms. The number of benzene rings is 1. The molecule has 0 saturated heterocycles. The standard InChI is InChI=1S/C23H22N2S2/c1-2-9-18(10-3-1)25-23(21-13-7-15-27-21)22-17(16-19-11-6-14-26-19)8-4-5-12-20(22)24-25/h1-3,6-7,9-11,13-16,22-23H,4-5,8,12H2/t22-,23-/m0/s1. The maximum Gasteiger partial charge on any atom is 0.0985 e. The van der Waals surface area contributed by atoms with Gasteiger partial charge in [0.15, 0.2) is 0 Å². The Morgan fingerprint density at radius 1 is 0.889 bits per heavy atom. The third-order valence-corrected chi connectivity index (χ3v) is 7.21. The number of hydrazone groups is 1. The van der Waals surface area contributed by atoms with Gasteiger partial charge in [0.05, 0.1) is 11.7 Å². The first-order valence-corrected chi connectivity index (χ1v) is 11.3. The maximum absolute atomic E-state index is 5.18. The van der Waals surface area contributed by atoms with Crippen molar-refractivity contribution in [3.63, 3.8) is 0 Å². The van der Waals surface area contributed by atoms with Crippen molar-refractivity contribution in [3.05, 3.63) is 80.7 Å². The molecule has 1 fully saturated rings. The van der Waals surface area contributed by atoms with E-state index in [-0.39, 0.29) is 6.04 Å². The summed E-state index contributed by atoms with van der Waals surface area (Å²) in [5, 5.41) is 11.8. The molecule has 136 valence electrons. The topological polar surface area (TPSA) is 15.6 Å². The Kier molecular flexibility index (Phi) is 4.68. The molecule has 3 aromatic rings. The fourth-order valence-corrected chi connectivity index (χ4v) is 5.80. The van der Waals surface area contributed by atoms with Gasteiger partial charge in [-0.3, -0.25) is 5.01 Å². The second-order valence-electron chi connectivity index (χ2n) is 7.15. The zero-order valence-electron chi connectivity index (χ0n) is 15.1. The third kappa shape index (κ3) is 3.28. The second kappa shape index (κ2) is 7.45. The highest BCUT2D eigenvalue weighted by atomic mass is 32.1. The molecule has 5 rings (SSSR count). The summed E-state index contributed by atoms with van der Waals surface area (Å²) < 4.78 is 0. The highest BCUT2D eigenvalue weighted by molar-refractivity contribution is 7.11. The van der Waals surface area contributed by atoms with Crippen LogP contribution in [0.25, 0.3) is 6.08 Å². The molecule has 3 heterocycles. The number of fused-ring (bicyclic) bond motifs is 1. The fourth-order valence-electron chi connectivity index (χ4n) is 4.26. The molecule has 2 nitrogen and oxygen atoms in total. The molecule has 2 atom stereocenters. The van der Waals surface area contributed by atoms with E-state index < -0.39 is 0 Å². The molecule has 0 N–H and O–H groups in total. The predicted octanol–water partition coefficient (Wildman–Crippen LogP) is 7.00. The maximum atomic E-state index is 5.18. The molecular formula is C23H22N2S2. The quantitative estimate of drug-likeness (QED) is 0.470. The summed E-state index contributed by atoms with van der Waals surface area (Å²) >= 11 is 3.68. The number of hydrogen-bond acceptors (Lipinski definition) is 4. The van der Waals surface area contributed by atoms with Crippen LogP contribution in [0.15, 0.2) is 76.0 Å². The zero-order chi connectivity index (χ0) is 18.1. The highest BCUT2D eigenvalue weighted by Crippen LogP contribution is 2.47. The van der Waals surface area contributed by atoms with Crippen molar-refractivity contribution in [1.29, 1.82) is 0 Å². The monoisotopic (exact) mass is 390 g/mol. The van der Waals surface area contributed by atoms with Gasteiger partial charge in [-0.1, -0.05) is 35.9 Å². The summed E-state index contributed by atoms with van der Waals surface area (Å²) in [7, 11) is 0. The lowest BCUT2D eigenvalue weighted by atomic mass is 9.85. The molecule has 0 spiro atoms. The third-order valence-electron chi connectivity index (χ3n) is 5.45. The summed E-state index contributed by atoms with van der Waals surface area (Å²) in [4.78, 5) is 2.76. The zero-order valence-corrected chi connectivity index (χ0v) is 16.8. The Morgan fingerprint density at radius 2 is 1.70 bits per heavy atom. The normalized spacial score (nSPS) is 23.9. The predicted molar refractivity (Wildman–Crippen MR) is 118 cm³/mol. The summed E-state index contributed by atoms with van der Waals surface area (Å²) in [5.41, 5.74) is 4.09. The van der Waals surface area contributed by atoms with E-state index in [0.29, 0.717) is 5.92 Å². The van der Waals surface area contributed by atoms with Crippen LogP contribution in [0.5, 0.6) is 0 Å². The van der Waals surface area contributed by atoms with Crippen LogP contribution in [0.2, 0.25) is 0 Å². The molecule has 0 radical (unpaired) electrons. The SMILES string of the molecule is C(=C1CCCCC2=NN(c3ccccc3)[C@@H](c3cccs3)[C@@H]12)c1cccs1. The van der Waals surface area contributed by atoms with Gasteiger partial charge >= 0.3 is 0 Å². The number of rotatable bonds is 3. The first kappa shape index (κ1) is 17.0. The minimum absolute atomic E-state index is 0.270. The second-order valence-corrected chi connectivity index (χ2v) is 9.11. The Labute approximate surface area is 168 Å². The van der Waals surface area contributed by atoms with E-state index in [1.54, 1.807) is 5.57 Å². The first-order valence-electron chi connectivity index (χ1n) is 9.59. The number of nitrogens with zero attached hydrogens (tertiary/aromatic N) is 2. The van der Waals surface area contributed by atoms with Crippen molar-refractivity contribution in [2.75, 3.05) is 5.01 Å². The summed E-state index contributed by atoms with van der Waals surface area (Å²) in [6.07, 6.45) is 7.21. The van der Waals surface area contributed by atoms with Gasteiger partial charge in [-0.15, -0.1) is 22.7 Å². The van der Waals surface area contributed by atoms with E-state index in [0.717, 1.165) is 6.42 Å². The largest absolute Gasteiger partial charge is 0.256 e. The fraction of sp³-hybridized carbons (Fsp3) is 0.261. The lowest BCUT2D eigenvalue weighted by molar-refractivity contribution is 0.602. The van der Waals surface area contributed by atoms with Crippen LogP contribution in [0.4, 0.5) is 5.69 Å². The summed E-state index contributed by atoms with van der Waals surface area (Å²) in [5.74, 6) is 0.383. The Bertz CT molecular complexity index is 940. The average Bonchev–Trinajstić information content (AvgIpc) is 3.43. The van der Waals surface area contributed by atoms with Gasteiger partial charge in [0.2, 0.25) is 0 Å². The molecule has 2 aromatic heterocycles. The Morgan fingerprint density at radius 3 is 2.48 bits per heavy atom. The minimum atomic E-state index is 0.270. The van der Waals surface area contributed by atoms with E-state index in [9.17, 15) is 0 Å². The number of para-hydroxylation sites is 1. The van der Waals surface area contributed by atoms with Crippen LogP contribution in [0.1, 0.15) is 41.5 Å². The van der Waals surface area contributed by atoms with Crippen molar-refractivity contribution >= 4 is 40.1 Å². The van der Waals surface area contributed by atoms with Gasteiger partial charge < -0.3 is 0 Å². The Hall–Kier alpha value is -2.17. The first-order chi connectivity index (χ1) is 13.4. The van der Waals surface area contributed by atoms with E-state index in [2.05, 4.69) is 76.4 Å². The van der Waals surface area contributed by atoms with Crippen molar-refractivity contribution in [2.24, 2.45) is 11.0 Å². The van der Waals surface area contributed by atoms with E-state index >= 15 is 0 Å². The number of thiophene rings is 2. The van der Waals surface area contributed by atoms with Crippen molar-refractivity contribution in [3.8, 4) is 0 Å². The van der Waals surface area contributed by atoms with Gasteiger partial charge in [0.1, 0.15) is 0 Å². The summed E-state index contributed by atoms with van der Waals surface area (Å²) in [6, 6.07) is 19.7. The minimum Gasteiger partial charge on any atom is -0.256 e. The van der Waals surface area contributed by atoms with Gasteiger partial charge in [-0.2, -0.15) is 5.10 Å². The lowest BCUT2D eigenvalue weighted by Gasteiger charge is -2.28. The van der Waals surface area contributed by atoms with Crippen molar-refractivity contribution in [1.82, 2.24) is 0 Å². The van der Waals surface area contributed by atoms with Crippen LogP contribution in [0.3, 0.4) is 0 Å². The average molecular weight is 391 g/mol. The van der Waals surface area contributed by atoms with Crippen LogP contribution in [-0.2, 0) is 0 Å². The molecule has 0 unspecified atom stereocenters. The molecule has 27 heavy (non-hydrogen) atoms. The van der Waals surface area contributed by atoms with Crippen LogP contribution in [-0.4, -0.2) is 5.71 Å². The van der Waals surface area contributed by atoms with Crippen LogP contribution in [0, 0.1) is 5.92 Å². The smallest absolute Gasteiger partial charge is 0.0985 e. The molecule has 1 aliphatic carbocycles. The summed E-state index contributed by atoms with van der Waals surface area (Å²) in [6.45, 7) is 0. The molecule has 1 saturated carbocycles. The van der Waals surface area contributed by atoms with Crippen molar-refractivity contribution < 1.29 is 0 Å². The van der Waals surface area contributed by atoms with E-state index in [4.69, 9.17) is 5.10 Å². The molecule has 0 amide bonds. The van der Waals surface area contributed by atoms with E-state index in [1.165, 1.54) is 40.4 Å². The molecule has 1 aliphatic heterocycles. The molecular weight excluding hydrogens is 368 g/mol.